The Morgan fingerprint density at radius 2 is 1.92 bits per heavy atom. The van der Waals surface area contributed by atoms with E-state index >= 15 is 0 Å². The zero-order valence-corrected chi connectivity index (χ0v) is 10.3. The number of benzene rings is 1. The van der Waals surface area contributed by atoms with Gasteiger partial charge in [-0.05, 0) is 0 Å². The molecule has 0 heterocycles. The molecule has 0 radical (unpaired) electrons. The Morgan fingerprint density at radius 3 is 2.50 bits per heavy atom. The second-order valence-corrected chi connectivity index (χ2v) is 8.46. The van der Waals surface area contributed by atoms with Crippen LogP contribution in [0.2, 0.25) is 4.44 Å². The van der Waals surface area contributed by atoms with Gasteiger partial charge in [-0.3, -0.25) is 0 Å². The maximum absolute atomic E-state index is 11.5. The summed E-state index contributed by atoms with van der Waals surface area (Å²) in [7, 11) is 0. The van der Waals surface area contributed by atoms with E-state index in [1.807, 2.05) is 18.2 Å². The van der Waals surface area contributed by atoms with Crippen molar-refractivity contribution < 1.29 is 3.08 Å². The molecule has 1 aromatic carbocycles. The van der Waals surface area contributed by atoms with Crippen LogP contribution in [0.15, 0.2) is 30.3 Å². The quantitative estimate of drug-likeness (QED) is 0.768. The molecule has 1 nitrogen and oxygen atoms in total. The van der Waals surface area contributed by atoms with Gasteiger partial charge in [0.05, 0.1) is 0 Å². The van der Waals surface area contributed by atoms with Crippen LogP contribution in [0.5, 0.6) is 0 Å². The average molecular weight is 269 g/mol. The molecule has 0 aromatic heterocycles. The summed E-state index contributed by atoms with van der Waals surface area (Å²) < 4.78 is 13.3. The van der Waals surface area contributed by atoms with Crippen molar-refractivity contribution >= 4 is 19.7 Å². The molecule has 2 heteroatoms. The fraction of sp³-hybridized carbons (Fsp3) is 0.400. The molecule has 0 unspecified atom stereocenters. The number of hydrogen-bond donors (Lipinski definition) is 0. The van der Waals surface area contributed by atoms with Crippen LogP contribution in [-0.2, 0) is 7.51 Å². The third-order valence-electron chi connectivity index (χ3n) is 1.77. The van der Waals surface area contributed by atoms with Gasteiger partial charge in [0.2, 0.25) is 0 Å². The molecule has 0 N–H and O–H groups in total. The van der Waals surface area contributed by atoms with E-state index in [4.69, 9.17) is 0 Å². The van der Waals surface area contributed by atoms with E-state index in [1.54, 1.807) is 0 Å². The van der Waals surface area contributed by atoms with Crippen molar-refractivity contribution in [2.45, 2.75) is 22.2 Å². The van der Waals surface area contributed by atoms with Gasteiger partial charge in [0.25, 0.3) is 0 Å². The summed E-state index contributed by atoms with van der Waals surface area (Å²) in [6.07, 6.45) is 1.07. The van der Waals surface area contributed by atoms with Crippen LogP contribution in [0, 0.1) is 0 Å². The molecule has 0 atom stereocenters. The van der Waals surface area contributed by atoms with Crippen LogP contribution in [0.3, 0.4) is 0 Å². The molecule has 0 aliphatic rings. The van der Waals surface area contributed by atoms with Gasteiger partial charge in [0.1, 0.15) is 0 Å². The number of hydrogen-bond acceptors (Lipinski definition) is 1. The maximum atomic E-state index is 11.5. The fourth-order valence-electron chi connectivity index (χ4n) is 1.19. The predicted octanol–water partition coefficient (Wildman–Crippen LogP) is 2.60. The van der Waals surface area contributed by atoms with Crippen LogP contribution in [0.25, 0.3) is 0 Å². The first-order valence-electron chi connectivity index (χ1n) is 4.38. The van der Waals surface area contributed by atoms with Crippen molar-refractivity contribution in [2.24, 2.45) is 0 Å². The second-order valence-electron chi connectivity index (χ2n) is 2.95. The van der Waals surface area contributed by atoms with Gasteiger partial charge in [0.15, 0.2) is 0 Å². The Bertz CT molecular complexity index is 243. The fourth-order valence-corrected chi connectivity index (χ4v) is 5.26. The summed E-state index contributed by atoms with van der Waals surface area (Å²) in [6, 6.07) is 10.1. The van der Waals surface area contributed by atoms with E-state index in [1.165, 1.54) is 5.56 Å². The minimum atomic E-state index is -2.20. The molecule has 0 fully saturated rings. The molecule has 0 amide bonds. The molecular formula is C10H14OSn. The summed E-state index contributed by atoms with van der Waals surface area (Å²) in [5, 5.41) is 0. The van der Waals surface area contributed by atoms with Gasteiger partial charge >= 0.3 is 80.9 Å². The molecule has 0 saturated carbocycles. The zero-order valence-electron chi connectivity index (χ0n) is 7.42. The Labute approximate surface area is 80.9 Å². The SMILES string of the molecule is CC[CH2][Sn](=[O])[CH2]c1ccccc1. The van der Waals surface area contributed by atoms with Crippen LogP contribution in [-0.4, -0.2) is 19.7 Å². The molecular weight excluding hydrogens is 255 g/mol. The summed E-state index contributed by atoms with van der Waals surface area (Å²) in [6.45, 7) is 2.10. The molecule has 0 spiro atoms. The Kier molecular flexibility index (Phi) is 4.51. The van der Waals surface area contributed by atoms with Gasteiger partial charge < -0.3 is 0 Å². The van der Waals surface area contributed by atoms with Crippen LogP contribution < -0.4 is 0 Å². The first-order chi connectivity index (χ1) is 5.83. The Hall–Kier alpha value is -0.181. The Morgan fingerprint density at radius 1 is 1.25 bits per heavy atom. The third kappa shape index (κ3) is 3.48. The first-order valence-corrected chi connectivity index (χ1v) is 9.58. The van der Waals surface area contributed by atoms with Crippen molar-refractivity contribution in [3.05, 3.63) is 35.9 Å². The summed E-state index contributed by atoms with van der Waals surface area (Å²) in [5.41, 5.74) is 1.25. The van der Waals surface area contributed by atoms with Crippen LogP contribution in [0.1, 0.15) is 18.9 Å². The molecule has 64 valence electrons. The minimum absolute atomic E-state index is 0.872. The van der Waals surface area contributed by atoms with Crippen molar-refractivity contribution in [1.82, 2.24) is 0 Å². The van der Waals surface area contributed by atoms with E-state index in [0.29, 0.717) is 0 Å². The van der Waals surface area contributed by atoms with E-state index in [9.17, 15) is 3.08 Å². The van der Waals surface area contributed by atoms with Gasteiger partial charge in [0, 0.05) is 0 Å². The van der Waals surface area contributed by atoms with Gasteiger partial charge in [-0.2, -0.15) is 0 Å². The van der Waals surface area contributed by atoms with Crippen molar-refractivity contribution in [3.8, 4) is 0 Å². The Balaban J connectivity index is 2.47. The van der Waals surface area contributed by atoms with Gasteiger partial charge in [-0.25, -0.2) is 0 Å². The molecule has 0 aliphatic carbocycles. The standard InChI is InChI=1S/C7H7.C3H7.O.Sn/c1-7-5-3-2-4-6-7;1-3-2;;/h2-6H,1H2;1,3H2,2H3;;. The van der Waals surface area contributed by atoms with Crippen LogP contribution in [0.4, 0.5) is 0 Å². The molecule has 1 aromatic rings. The van der Waals surface area contributed by atoms with E-state index in [2.05, 4.69) is 19.1 Å². The molecule has 0 saturated heterocycles. The van der Waals surface area contributed by atoms with Gasteiger partial charge in [-0.1, -0.05) is 0 Å². The third-order valence-corrected chi connectivity index (χ3v) is 7.08. The molecule has 1 rings (SSSR count). The zero-order chi connectivity index (χ0) is 8.81. The summed E-state index contributed by atoms with van der Waals surface area (Å²) >= 11 is -2.20. The predicted molar refractivity (Wildman–Crippen MR) is 51.7 cm³/mol. The summed E-state index contributed by atoms with van der Waals surface area (Å²) in [5.74, 6) is 0. The first kappa shape index (κ1) is 9.90. The second kappa shape index (κ2) is 5.46. The number of rotatable bonds is 4. The normalized spacial score (nSPS) is 9.75. The monoisotopic (exact) mass is 270 g/mol. The topological polar surface area (TPSA) is 17.1 Å². The van der Waals surface area contributed by atoms with E-state index in [-0.39, 0.29) is 0 Å². The molecule has 0 bridgehead atoms. The summed E-state index contributed by atoms with van der Waals surface area (Å²) in [4.78, 5) is 0. The van der Waals surface area contributed by atoms with Gasteiger partial charge in [-0.15, -0.1) is 0 Å². The van der Waals surface area contributed by atoms with Crippen LogP contribution >= 0.6 is 0 Å². The van der Waals surface area contributed by atoms with Crippen molar-refractivity contribution in [2.75, 3.05) is 0 Å². The van der Waals surface area contributed by atoms with Crippen molar-refractivity contribution in [1.29, 1.82) is 0 Å². The molecule has 0 aliphatic heterocycles. The molecule has 12 heavy (non-hydrogen) atoms. The van der Waals surface area contributed by atoms with E-state index in [0.717, 1.165) is 15.3 Å². The van der Waals surface area contributed by atoms with E-state index < -0.39 is 19.7 Å². The average Bonchev–Trinajstić information content (AvgIpc) is 2.06. The van der Waals surface area contributed by atoms with Crippen molar-refractivity contribution in [3.63, 3.8) is 0 Å².